The highest BCUT2D eigenvalue weighted by atomic mass is 16.5. The summed E-state index contributed by atoms with van der Waals surface area (Å²) in [5.41, 5.74) is 3.82. The Balaban J connectivity index is 1.58. The number of amides is 1. The second-order valence-electron chi connectivity index (χ2n) is 9.31. The van der Waals surface area contributed by atoms with E-state index in [1.165, 1.54) is 0 Å². The van der Waals surface area contributed by atoms with E-state index >= 15 is 0 Å². The summed E-state index contributed by atoms with van der Waals surface area (Å²) in [5.74, 6) is 0.880. The number of ether oxygens (including phenoxy) is 3. The zero-order valence-electron chi connectivity index (χ0n) is 21.5. The molecule has 192 valence electrons. The van der Waals surface area contributed by atoms with Crippen LogP contribution in [0, 0.1) is 12.8 Å². The number of hydrogen-bond donors (Lipinski definition) is 0. The maximum atomic E-state index is 13.6. The third kappa shape index (κ3) is 5.70. The summed E-state index contributed by atoms with van der Waals surface area (Å²) in [6.07, 6.45) is 2.22. The number of hydrogen-bond acceptors (Lipinski definition) is 7. The third-order valence-electron chi connectivity index (χ3n) is 6.83. The number of likely N-dealkylation sites (tertiary alicyclic amines) is 1. The Bertz CT molecular complexity index is 1110. The molecule has 2 aromatic rings. The first-order valence-electron chi connectivity index (χ1n) is 12.5. The van der Waals surface area contributed by atoms with Crippen LogP contribution in [0.3, 0.4) is 0 Å². The van der Waals surface area contributed by atoms with Crippen LogP contribution in [0.25, 0.3) is 0 Å². The van der Waals surface area contributed by atoms with Gasteiger partial charge in [-0.1, -0.05) is 29.8 Å². The molecule has 0 spiro atoms. The minimum atomic E-state index is -0.217. The molecule has 2 heterocycles. The van der Waals surface area contributed by atoms with Crippen LogP contribution < -0.4 is 9.47 Å². The van der Waals surface area contributed by atoms with Crippen molar-refractivity contribution in [1.29, 1.82) is 0 Å². The summed E-state index contributed by atoms with van der Waals surface area (Å²) in [6, 6.07) is 13.6. The van der Waals surface area contributed by atoms with E-state index < -0.39 is 0 Å². The molecule has 0 radical (unpaired) electrons. The van der Waals surface area contributed by atoms with Crippen LogP contribution in [0.1, 0.15) is 48.9 Å². The van der Waals surface area contributed by atoms with Gasteiger partial charge in [-0.3, -0.25) is 14.5 Å². The van der Waals surface area contributed by atoms with Gasteiger partial charge in [0.1, 0.15) is 11.5 Å². The predicted octanol–water partition coefficient (Wildman–Crippen LogP) is 3.97. The van der Waals surface area contributed by atoms with E-state index in [2.05, 4.69) is 24.3 Å². The molecule has 1 amide bonds. The van der Waals surface area contributed by atoms with Crippen molar-refractivity contribution in [2.24, 2.45) is 11.0 Å². The standard InChI is InChI=1S/C28H35N3O5/c1-5-36-28(33)21-7-6-14-30(17-21)18-27(32)31-25(20-10-8-19(2)9-11-20)16-24(29-31)23-13-12-22(34-3)15-26(23)35-4/h8-13,15,21,25H,5-7,14,16-18H2,1-4H3/t21-,25-/m0/s1. The molecule has 0 aliphatic carbocycles. The van der Waals surface area contributed by atoms with E-state index in [0.29, 0.717) is 31.1 Å². The maximum absolute atomic E-state index is 13.6. The highest BCUT2D eigenvalue weighted by Gasteiger charge is 2.36. The van der Waals surface area contributed by atoms with Crippen molar-refractivity contribution < 1.29 is 23.8 Å². The first kappa shape index (κ1) is 25.7. The number of rotatable bonds is 8. The van der Waals surface area contributed by atoms with Crippen LogP contribution in [-0.4, -0.2) is 68.0 Å². The Morgan fingerprint density at radius 3 is 2.56 bits per heavy atom. The van der Waals surface area contributed by atoms with Crippen molar-refractivity contribution in [2.45, 2.75) is 39.2 Å². The molecule has 8 nitrogen and oxygen atoms in total. The van der Waals surface area contributed by atoms with Crippen molar-refractivity contribution >= 4 is 17.6 Å². The number of carbonyl (C=O) groups excluding carboxylic acids is 2. The van der Waals surface area contributed by atoms with Crippen LogP contribution in [-0.2, 0) is 14.3 Å². The molecule has 0 aromatic heterocycles. The minimum Gasteiger partial charge on any atom is -0.497 e. The fourth-order valence-electron chi connectivity index (χ4n) is 4.90. The van der Waals surface area contributed by atoms with Crippen LogP contribution in [0.2, 0.25) is 0 Å². The molecule has 36 heavy (non-hydrogen) atoms. The lowest BCUT2D eigenvalue weighted by Gasteiger charge is -2.32. The number of methoxy groups -OCH3 is 2. The Hall–Kier alpha value is -3.39. The first-order valence-corrected chi connectivity index (χ1v) is 12.5. The molecule has 0 N–H and O–H groups in total. The monoisotopic (exact) mass is 493 g/mol. The summed E-state index contributed by atoms with van der Waals surface area (Å²) in [5, 5.41) is 6.42. The zero-order chi connectivity index (χ0) is 25.7. The highest BCUT2D eigenvalue weighted by molar-refractivity contribution is 6.05. The number of benzene rings is 2. The molecule has 8 heteroatoms. The van der Waals surface area contributed by atoms with Gasteiger partial charge >= 0.3 is 5.97 Å². The summed E-state index contributed by atoms with van der Waals surface area (Å²) < 4.78 is 16.2. The number of esters is 1. The lowest BCUT2D eigenvalue weighted by atomic mass is 9.97. The molecule has 0 bridgehead atoms. The number of nitrogens with zero attached hydrogens (tertiary/aromatic N) is 3. The number of carbonyl (C=O) groups is 2. The quantitative estimate of drug-likeness (QED) is 0.518. The Morgan fingerprint density at radius 1 is 1.08 bits per heavy atom. The highest BCUT2D eigenvalue weighted by Crippen LogP contribution is 2.36. The normalized spacial score (nSPS) is 20.1. The van der Waals surface area contributed by atoms with Crippen LogP contribution in [0.5, 0.6) is 11.5 Å². The molecule has 2 aliphatic rings. The van der Waals surface area contributed by atoms with E-state index in [0.717, 1.165) is 41.8 Å². The predicted molar refractivity (Wildman–Crippen MR) is 137 cm³/mol. The largest absolute Gasteiger partial charge is 0.497 e. The lowest BCUT2D eigenvalue weighted by Crippen LogP contribution is -2.44. The maximum Gasteiger partial charge on any atom is 0.310 e. The van der Waals surface area contributed by atoms with Gasteiger partial charge in [-0.15, -0.1) is 0 Å². The van der Waals surface area contributed by atoms with Gasteiger partial charge in [0.15, 0.2) is 0 Å². The Morgan fingerprint density at radius 2 is 1.86 bits per heavy atom. The molecule has 2 atom stereocenters. The van der Waals surface area contributed by atoms with Crippen molar-refractivity contribution in [2.75, 3.05) is 40.5 Å². The van der Waals surface area contributed by atoms with Gasteiger partial charge in [-0.2, -0.15) is 5.10 Å². The van der Waals surface area contributed by atoms with Gasteiger partial charge in [0.25, 0.3) is 5.91 Å². The number of piperidine rings is 1. The third-order valence-corrected chi connectivity index (χ3v) is 6.83. The number of hydrazone groups is 1. The van der Waals surface area contributed by atoms with Crippen LogP contribution >= 0.6 is 0 Å². The second kappa shape index (κ2) is 11.6. The van der Waals surface area contributed by atoms with Crippen molar-refractivity contribution in [1.82, 2.24) is 9.91 Å². The first-order chi connectivity index (χ1) is 17.4. The average Bonchev–Trinajstić information content (AvgIpc) is 3.34. The van der Waals surface area contributed by atoms with Crippen molar-refractivity contribution in [3.8, 4) is 11.5 Å². The minimum absolute atomic E-state index is 0.0902. The lowest BCUT2D eigenvalue weighted by molar-refractivity contribution is -0.150. The Kier molecular flexibility index (Phi) is 8.25. The van der Waals surface area contributed by atoms with E-state index in [9.17, 15) is 9.59 Å². The van der Waals surface area contributed by atoms with Gasteiger partial charge in [-0.25, -0.2) is 5.01 Å². The SMILES string of the molecule is CCOC(=O)[C@H]1CCCN(CC(=O)N2N=C(c3ccc(OC)cc3OC)C[C@H]2c2ccc(C)cc2)C1. The molecule has 1 fully saturated rings. The van der Waals surface area contributed by atoms with E-state index in [-0.39, 0.29) is 30.4 Å². The van der Waals surface area contributed by atoms with E-state index in [4.69, 9.17) is 19.3 Å². The molecule has 2 aliphatic heterocycles. The van der Waals surface area contributed by atoms with Crippen LogP contribution in [0.4, 0.5) is 0 Å². The molecule has 2 aromatic carbocycles. The fraction of sp³-hybridized carbons (Fsp3) is 0.464. The molecule has 0 saturated carbocycles. The molecular formula is C28H35N3O5. The van der Waals surface area contributed by atoms with Crippen molar-refractivity contribution in [3.63, 3.8) is 0 Å². The Labute approximate surface area is 212 Å². The van der Waals surface area contributed by atoms with Gasteiger partial charge in [0.2, 0.25) is 0 Å². The molecule has 4 rings (SSSR count). The van der Waals surface area contributed by atoms with Gasteiger partial charge in [-0.05, 0) is 50.9 Å². The molecular weight excluding hydrogens is 458 g/mol. The summed E-state index contributed by atoms with van der Waals surface area (Å²) in [4.78, 5) is 27.9. The summed E-state index contributed by atoms with van der Waals surface area (Å²) in [6.45, 7) is 5.72. The van der Waals surface area contributed by atoms with E-state index in [1.54, 1.807) is 19.2 Å². The fourth-order valence-corrected chi connectivity index (χ4v) is 4.90. The van der Waals surface area contributed by atoms with Crippen LogP contribution in [0.15, 0.2) is 47.6 Å². The van der Waals surface area contributed by atoms with Crippen molar-refractivity contribution in [3.05, 3.63) is 59.2 Å². The zero-order valence-corrected chi connectivity index (χ0v) is 21.5. The number of aryl methyl sites for hydroxylation is 1. The summed E-state index contributed by atoms with van der Waals surface area (Å²) in [7, 11) is 3.23. The smallest absolute Gasteiger partial charge is 0.310 e. The average molecular weight is 494 g/mol. The molecule has 1 saturated heterocycles. The molecule has 0 unspecified atom stereocenters. The second-order valence-corrected chi connectivity index (χ2v) is 9.31. The van der Waals surface area contributed by atoms with Gasteiger partial charge in [0, 0.05) is 24.6 Å². The van der Waals surface area contributed by atoms with E-state index in [1.807, 2.05) is 36.9 Å². The topological polar surface area (TPSA) is 80.7 Å². The van der Waals surface area contributed by atoms with Gasteiger partial charge in [0.05, 0.1) is 45.0 Å². The van der Waals surface area contributed by atoms with Gasteiger partial charge < -0.3 is 14.2 Å². The summed E-state index contributed by atoms with van der Waals surface area (Å²) >= 11 is 0.